The van der Waals surface area contributed by atoms with E-state index in [9.17, 15) is 4.79 Å². The Labute approximate surface area is 126 Å². The van der Waals surface area contributed by atoms with Gasteiger partial charge < -0.3 is 4.74 Å². The molecule has 0 atom stereocenters. The summed E-state index contributed by atoms with van der Waals surface area (Å²) in [5.41, 5.74) is 2.90. The largest absolute Gasteiger partial charge is 0.494 e. The predicted octanol–water partition coefficient (Wildman–Crippen LogP) is 4.68. The molecule has 2 heteroatoms. The van der Waals surface area contributed by atoms with E-state index in [-0.39, 0.29) is 5.78 Å². The van der Waals surface area contributed by atoms with Gasteiger partial charge in [-0.1, -0.05) is 42.8 Å². The Bertz CT molecular complexity index is 607. The molecule has 0 heterocycles. The number of carbonyl (C=O) groups excluding carboxylic acids is 1. The van der Waals surface area contributed by atoms with Crippen LogP contribution in [0.1, 0.15) is 34.8 Å². The molecule has 0 saturated carbocycles. The van der Waals surface area contributed by atoms with Gasteiger partial charge in [-0.05, 0) is 49.2 Å². The summed E-state index contributed by atoms with van der Waals surface area (Å²) < 4.78 is 5.50. The first-order valence-electron chi connectivity index (χ1n) is 7.21. The van der Waals surface area contributed by atoms with Gasteiger partial charge in [0.15, 0.2) is 5.78 Å². The van der Waals surface area contributed by atoms with Crippen molar-refractivity contribution in [2.45, 2.75) is 20.3 Å². The van der Waals surface area contributed by atoms with Crippen LogP contribution in [0.5, 0.6) is 5.75 Å². The highest BCUT2D eigenvalue weighted by Gasteiger charge is 2.02. The zero-order valence-electron chi connectivity index (χ0n) is 12.5. The van der Waals surface area contributed by atoms with Crippen LogP contribution >= 0.6 is 0 Å². The fourth-order valence-electron chi connectivity index (χ4n) is 1.88. The number of allylic oxidation sites excluding steroid dienone is 1. The molecule has 0 spiro atoms. The minimum atomic E-state index is -0.00221. The number of hydrogen-bond acceptors (Lipinski definition) is 2. The number of rotatable bonds is 6. The molecule has 0 aliphatic carbocycles. The normalized spacial score (nSPS) is 10.8. The molecule has 2 nitrogen and oxygen atoms in total. The van der Waals surface area contributed by atoms with Crippen molar-refractivity contribution < 1.29 is 9.53 Å². The zero-order valence-corrected chi connectivity index (χ0v) is 12.5. The fourth-order valence-corrected chi connectivity index (χ4v) is 1.88. The minimum Gasteiger partial charge on any atom is -0.494 e. The highest BCUT2D eigenvalue weighted by atomic mass is 16.5. The summed E-state index contributed by atoms with van der Waals surface area (Å²) in [6.45, 7) is 4.80. The maximum absolute atomic E-state index is 12.1. The number of ether oxygens (including phenoxy) is 1. The third-order valence-corrected chi connectivity index (χ3v) is 3.12. The molecule has 0 unspecified atom stereocenters. The molecular formula is C19H20O2. The summed E-state index contributed by atoms with van der Waals surface area (Å²) in [6.07, 6.45) is 4.41. The van der Waals surface area contributed by atoms with Crippen LogP contribution in [0.25, 0.3) is 6.08 Å². The van der Waals surface area contributed by atoms with Crippen molar-refractivity contribution in [1.82, 2.24) is 0 Å². The summed E-state index contributed by atoms with van der Waals surface area (Å²) in [4.78, 5) is 12.1. The van der Waals surface area contributed by atoms with E-state index in [0.717, 1.165) is 17.7 Å². The van der Waals surface area contributed by atoms with Crippen LogP contribution in [0, 0.1) is 6.92 Å². The van der Waals surface area contributed by atoms with Crippen LogP contribution in [0.2, 0.25) is 0 Å². The number of carbonyl (C=O) groups is 1. The monoisotopic (exact) mass is 280 g/mol. The molecule has 0 N–H and O–H groups in total. The predicted molar refractivity (Wildman–Crippen MR) is 86.8 cm³/mol. The van der Waals surface area contributed by atoms with Crippen LogP contribution in [0.4, 0.5) is 0 Å². The lowest BCUT2D eigenvalue weighted by Crippen LogP contribution is -1.97. The quantitative estimate of drug-likeness (QED) is 0.567. The summed E-state index contributed by atoms with van der Waals surface area (Å²) in [5, 5.41) is 0. The molecule has 0 bridgehead atoms. The van der Waals surface area contributed by atoms with E-state index in [1.807, 2.05) is 49.4 Å². The van der Waals surface area contributed by atoms with E-state index < -0.39 is 0 Å². The van der Waals surface area contributed by atoms with Crippen LogP contribution in [-0.2, 0) is 0 Å². The molecule has 108 valence electrons. The maximum Gasteiger partial charge on any atom is 0.185 e. The average Bonchev–Trinajstić information content (AvgIpc) is 2.52. The van der Waals surface area contributed by atoms with Crippen molar-refractivity contribution >= 4 is 11.9 Å². The number of ketones is 1. The van der Waals surface area contributed by atoms with Crippen LogP contribution in [-0.4, -0.2) is 12.4 Å². The second-order valence-electron chi connectivity index (χ2n) is 4.98. The Morgan fingerprint density at radius 1 is 1.05 bits per heavy atom. The molecule has 2 aromatic rings. The Hall–Kier alpha value is -2.35. The molecule has 0 aromatic heterocycles. The van der Waals surface area contributed by atoms with E-state index in [0.29, 0.717) is 12.2 Å². The molecule has 0 amide bonds. The summed E-state index contributed by atoms with van der Waals surface area (Å²) in [7, 11) is 0. The van der Waals surface area contributed by atoms with Gasteiger partial charge in [0.25, 0.3) is 0 Å². The number of hydrogen-bond donors (Lipinski definition) is 0. The van der Waals surface area contributed by atoms with E-state index >= 15 is 0 Å². The van der Waals surface area contributed by atoms with Gasteiger partial charge >= 0.3 is 0 Å². The van der Waals surface area contributed by atoms with E-state index in [4.69, 9.17) is 4.74 Å². The second kappa shape index (κ2) is 7.44. The van der Waals surface area contributed by atoms with E-state index in [1.165, 1.54) is 5.56 Å². The molecular weight excluding hydrogens is 260 g/mol. The molecule has 0 aliphatic heterocycles. The first kappa shape index (κ1) is 15.0. The van der Waals surface area contributed by atoms with Gasteiger partial charge in [-0.3, -0.25) is 4.79 Å². The van der Waals surface area contributed by atoms with Crippen molar-refractivity contribution in [1.29, 1.82) is 0 Å². The minimum absolute atomic E-state index is 0.00221. The molecule has 2 rings (SSSR count). The zero-order chi connectivity index (χ0) is 15.1. The smallest absolute Gasteiger partial charge is 0.185 e. The molecule has 21 heavy (non-hydrogen) atoms. The standard InChI is InChI=1S/C19H20O2/c1-3-14-21-18-11-9-17(10-12-18)19(20)13-8-16-6-4-15(2)5-7-16/h4-13H,3,14H2,1-2H3/b13-8+. The number of aryl methyl sites for hydroxylation is 1. The highest BCUT2D eigenvalue weighted by molar-refractivity contribution is 6.06. The average molecular weight is 280 g/mol. The van der Waals surface area contributed by atoms with Gasteiger partial charge in [-0.15, -0.1) is 0 Å². The van der Waals surface area contributed by atoms with Gasteiger partial charge in [-0.25, -0.2) is 0 Å². The fraction of sp³-hybridized carbons (Fsp3) is 0.211. The summed E-state index contributed by atoms with van der Waals surface area (Å²) in [6, 6.07) is 15.3. The van der Waals surface area contributed by atoms with E-state index in [1.54, 1.807) is 18.2 Å². The Morgan fingerprint density at radius 2 is 1.71 bits per heavy atom. The SMILES string of the molecule is CCCOc1ccc(C(=O)/C=C/c2ccc(C)cc2)cc1. The first-order chi connectivity index (χ1) is 10.2. The second-order valence-corrected chi connectivity index (χ2v) is 4.98. The third-order valence-electron chi connectivity index (χ3n) is 3.12. The maximum atomic E-state index is 12.1. The van der Waals surface area contributed by atoms with Crippen molar-refractivity contribution in [2.75, 3.05) is 6.61 Å². The molecule has 0 saturated heterocycles. The van der Waals surface area contributed by atoms with E-state index in [2.05, 4.69) is 6.92 Å². The Morgan fingerprint density at radius 3 is 2.33 bits per heavy atom. The van der Waals surface area contributed by atoms with Gasteiger partial charge in [0, 0.05) is 5.56 Å². The van der Waals surface area contributed by atoms with Gasteiger partial charge in [0.1, 0.15) is 5.75 Å². The lowest BCUT2D eigenvalue weighted by atomic mass is 10.1. The molecule has 2 aromatic carbocycles. The summed E-state index contributed by atoms with van der Waals surface area (Å²) in [5.74, 6) is 0.800. The highest BCUT2D eigenvalue weighted by Crippen LogP contribution is 2.14. The Kier molecular flexibility index (Phi) is 5.33. The number of benzene rings is 2. The topological polar surface area (TPSA) is 26.3 Å². The van der Waals surface area contributed by atoms with Crippen LogP contribution < -0.4 is 4.74 Å². The van der Waals surface area contributed by atoms with Crippen molar-refractivity contribution in [3.8, 4) is 5.75 Å². The van der Waals surface area contributed by atoms with Gasteiger partial charge in [0.05, 0.1) is 6.61 Å². The van der Waals surface area contributed by atoms with Crippen LogP contribution in [0.15, 0.2) is 54.6 Å². The van der Waals surface area contributed by atoms with Crippen LogP contribution in [0.3, 0.4) is 0 Å². The Balaban J connectivity index is 2.01. The molecule has 0 aliphatic rings. The third kappa shape index (κ3) is 4.60. The van der Waals surface area contributed by atoms with Crippen molar-refractivity contribution in [2.24, 2.45) is 0 Å². The lowest BCUT2D eigenvalue weighted by molar-refractivity contribution is 0.104. The van der Waals surface area contributed by atoms with Gasteiger partial charge in [0.2, 0.25) is 0 Å². The van der Waals surface area contributed by atoms with Crippen molar-refractivity contribution in [3.05, 3.63) is 71.3 Å². The summed E-state index contributed by atoms with van der Waals surface area (Å²) >= 11 is 0. The lowest BCUT2D eigenvalue weighted by Gasteiger charge is -2.04. The molecule has 0 fully saturated rings. The first-order valence-corrected chi connectivity index (χ1v) is 7.21. The van der Waals surface area contributed by atoms with Gasteiger partial charge in [-0.2, -0.15) is 0 Å². The van der Waals surface area contributed by atoms with Crippen molar-refractivity contribution in [3.63, 3.8) is 0 Å². The molecule has 0 radical (unpaired) electrons.